The van der Waals surface area contributed by atoms with Crippen LogP contribution < -0.4 is 10.5 Å². The summed E-state index contributed by atoms with van der Waals surface area (Å²) in [5.74, 6) is 0. The number of ether oxygens (including phenoxy) is 1. The van der Waals surface area contributed by atoms with Gasteiger partial charge in [0.15, 0.2) is 0 Å². The monoisotopic (exact) mass is 270 g/mol. The largest absolute Gasteiger partial charge is 0.399 e. The van der Waals surface area contributed by atoms with Crippen molar-refractivity contribution in [1.82, 2.24) is 4.72 Å². The third-order valence-corrected chi connectivity index (χ3v) is 4.71. The van der Waals surface area contributed by atoms with Crippen LogP contribution in [0.5, 0.6) is 0 Å². The average molecular weight is 270 g/mol. The van der Waals surface area contributed by atoms with Gasteiger partial charge in [0.1, 0.15) is 0 Å². The van der Waals surface area contributed by atoms with Gasteiger partial charge >= 0.3 is 0 Å². The van der Waals surface area contributed by atoms with Gasteiger partial charge in [-0.25, -0.2) is 13.1 Å². The van der Waals surface area contributed by atoms with E-state index in [1.54, 1.807) is 19.1 Å². The number of nitrogens with one attached hydrogen (secondary N) is 1. The first kappa shape index (κ1) is 13.3. The smallest absolute Gasteiger partial charge is 0.241 e. The van der Waals surface area contributed by atoms with Crippen LogP contribution in [0.2, 0.25) is 0 Å². The summed E-state index contributed by atoms with van der Waals surface area (Å²) in [6, 6.07) is 4.86. The second kappa shape index (κ2) is 5.26. The zero-order chi connectivity index (χ0) is 13.2. The minimum absolute atomic E-state index is 0.0513. The molecule has 0 atom stereocenters. The van der Waals surface area contributed by atoms with Crippen LogP contribution in [-0.4, -0.2) is 27.7 Å². The van der Waals surface area contributed by atoms with Crippen molar-refractivity contribution in [2.24, 2.45) is 0 Å². The standard InChI is InChI=1S/C12H18N2O3S/c1-9-2-3-10(13)8-12(9)18(15,16)14-11-4-6-17-7-5-11/h2-3,8,11,14H,4-7,13H2,1H3. The molecule has 0 unspecified atom stereocenters. The summed E-state index contributed by atoms with van der Waals surface area (Å²) < 4.78 is 32.5. The predicted molar refractivity (Wildman–Crippen MR) is 69.8 cm³/mol. The fraction of sp³-hybridized carbons (Fsp3) is 0.500. The van der Waals surface area contributed by atoms with E-state index in [2.05, 4.69) is 4.72 Å². The van der Waals surface area contributed by atoms with Crippen molar-refractivity contribution < 1.29 is 13.2 Å². The summed E-state index contributed by atoms with van der Waals surface area (Å²) in [7, 11) is -3.50. The Bertz CT molecular complexity index is 522. The number of sulfonamides is 1. The summed E-state index contributed by atoms with van der Waals surface area (Å²) in [5, 5.41) is 0. The first-order valence-corrected chi connectivity index (χ1v) is 7.43. The van der Waals surface area contributed by atoms with E-state index in [1.165, 1.54) is 6.07 Å². The average Bonchev–Trinajstić information content (AvgIpc) is 2.33. The summed E-state index contributed by atoms with van der Waals surface area (Å²) in [5.41, 5.74) is 6.79. The Morgan fingerprint density at radius 3 is 2.67 bits per heavy atom. The fourth-order valence-corrected chi connectivity index (χ4v) is 3.59. The molecule has 3 N–H and O–H groups in total. The SMILES string of the molecule is Cc1ccc(N)cc1S(=O)(=O)NC1CCOCC1. The lowest BCUT2D eigenvalue weighted by atomic mass is 10.1. The molecule has 0 saturated carbocycles. The lowest BCUT2D eigenvalue weighted by Gasteiger charge is -2.23. The quantitative estimate of drug-likeness (QED) is 0.804. The first-order chi connectivity index (χ1) is 8.49. The van der Waals surface area contributed by atoms with Gasteiger partial charge in [0, 0.05) is 24.9 Å². The van der Waals surface area contributed by atoms with Gasteiger partial charge in [0.05, 0.1) is 4.90 Å². The molecular formula is C12H18N2O3S. The van der Waals surface area contributed by atoms with E-state index in [-0.39, 0.29) is 10.9 Å². The zero-order valence-corrected chi connectivity index (χ0v) is 11.2. The molecule has 1 aliphatic heterocycles. The number of nitrogen functional groups attached to an aromatic ring is 1. The van der Waals surface area contributed by atoms with Gasteiger partial charge in [-0.1, -0.05) is 6.07 Å². The van der Waals surface area contributed by atoms with E-state index < -0.39 is 10.0 Å². The van der Waals surface area contributed by atoms with Crippen LogP contribution in [0.3, 0.4) is 0 Å². The molecule has 1 aliphatic rings. The van der Waals surface area contributed by atoms with E-state index in [4.69, 9.17) is 10.5 Å². The molecule has 1 fully saturated rings. The number of rotatable bonds is 3. The van der Waals surface area contributed by atoms with Crippen LogP contribution in [-0.2, 0) is 14.8 Å². The normalized spacial score (nSPS) is 17.8. The summed E-state index contributed by atoms with van der Waals surface area (Å²) in [4.78, 5) is 0.258. The number of benzene rings is 1. The molecule has 100 valence electrons. The molecule has 0 bridgehead atoms. The lowest BCUT2D eigenvalue weighted by molar-refractivity contribution is 0.0832. The number of nitrogens with two attached hydrogens (primary N) is 1. The van der Waals surface area contributed by atoms with Gasteiger partial charge in [0.25, 0.3) is 0 Å². The second-order valence-corrected chi connectivity index (χ2v) is 6.22. The van der Waals surface area contributed by atoms with Crippen molar-refractivity contribution in [1.29, 1.82) is 0 Å². The first-order valence-electron chi connectivity index (χ1n) is 5.95. The van der Waals surface area contributed by atoms with Crippen molar-refractivity contribution >= 4 is 15.7 Å². The highest BCUT2D eigenvalue weighted by atomic mass is 32.2. The van der Waals surface area contributed by atoms with Crippen molar-refractivity contribution in [3.63, 3.8) is 0 Å². The molecule has 0 amide bonds. The Balaban J connectivity index is 2.21. The van der Waals surface area contributed by atoms with Crippen LogP contribution in [0.4, 0.5) is 5.69 Å². The second-order valence-electron chi connectivity index (χ2n) is 4.53. The molecule has 18 heavy (non-hydrogen) atoms. The van der Waals surface area contributed by atoms with Crippen LogP contribution in [0.1, 0.15) is 18.4 Å². The Morgan fingerprint density at radius 2 is 2.00 bits per heavy atom. The minimum atomic E-state index is -3.50. The van der Waals surface area contributed by atoms with Crippen molar-refractivity contribution in [3.8, 4) is 0 Å². The van der Waals surface area contributed by atoms with E-state index >= 15 is 0 Å². The van der Waals surface area contributed by atoms with E-state index in [0.717, 1.165) is 0 Å². The maximum absolute atomic E-state index is 12.3. The molecular weight excluding hydrogens is 252 g/mol. The molecule has 0 radical (unpaired) electrons. The highest BCUT2D eigenvalue weighted by Crippen LogP contribution is 2.19. The molecule has 0 spiro atoms. The highest BCUT2D eigenvalue weighted by Gasteiger charge is 2.23. The lowest BCUT2D eigenvalue weighted by Crippen LogP contribution is -2.39. The predicted octanol–water partition coefficient (Wildman–Crippen LogP) is 1.03. The fourth-order valence-electron chi connectivity index (χ4n) is 2.00. The van der Waals surface area contributed by atoms with Crippen LogP contribution >= 0.6 is 0 Å². The number of hydrogen-bond acceptors (Lipinski definition) is 4. The van der Waals surface area contributed by atoms with Crippen LogP contribution in [0.15, 0.2) is 23.1 Å². The molecule has 1 aromatic carbocycles. The Hall–Kier alpha value is -1.11. The van der Waals surface area contributed by atoms with E-state index in [1.807, 2.05) is 0 Å². The molecule has 2 rings (SSSR count). The third kappa shape index (κ3) is 3.01. The van der Waals surface area contributed by atoms with Gasteiger partial charge < -0.3 is 10.5 Å². The van der Waals surface area contributed by atoms with Crippen LogP contribution in [0.25, 0.3) is 0 Å². The number of anilines is 1. The van der Waals surface area contributed by atoms with Crippen molar-refractivity contribution in [2.45, 2.75) is 30.7 Å². The van der Waals surface area contributed by atoms with Crippen molar-refractivity contribution in [2.75, 3.05) is 18.9 Å². The topological polar surface area (TPSA) is 81.4 Å². The molecule has 6 heteroatoms. The van der Waals surface area contributed by atoms with Crippen LogP contribution in [0, 0.1) is 6.92 Å². The summed E-state index contributed by atoms with van der Waals surface area (Å²) in [6.07, 6.45) is 1.42. The summed E-state index contributed by atoms with van der Waals surface area (Å²) in [6.45, 7) is 2.96. The molecule has 1 heterocycles. The van der Waals surface area contributed by atoms with Gasteiger partial charge in [0.2, 0.25) is 10.0 Å². The zero-order valence-electron chi connectivity index (χ0n) is 10.3. The Morgan fingerprint density at radius 1 is 1.33 bits per heavy atom. The summed E-state index contributed by atoms with van der Waals surface area (Å²) >= 11 is 0. The Labute approximate surface area is 107 Å². The highest BCUT2D eigenvalue weighted by molar-refractivity contribution is 7.89. The van der Waals surface area contributed by atoms with E-state index in [0.29, 0.717) is 37.3 Å². The van der Waals surface area contributed by atoms with Gasteiger partial charge in [-0.3, -0.25) is 0 Å². The number of hydrogen-bond donors (Lipinski definition) is 2. The van der Waals surface area contributed by atoms with Gasteiger partial charge in [-0.2, -0.15) is 0 Å². The number of aryl methyl sites for hydroxylation is 1. The van der Waals surface area contributed by atoms with Gasteiger partial charge in [-0.15, -0.1) is 0 Å². The van der Waals surface area contributed by atoms with Gasteiger partial charge in [-0.05, 0) is 37.5 Å². The maximum Gasteiger partial charge on any atom is 0.241 e. The van der Waals surface area contributed by atoms with Crippen molar-refractivity contribution in [3.05, 3.63) is 23.8 Å². The molecule has 5 nitrogen and oxygen atoms in total. The molecule has 1 aromatic rings. The molecule has 0 aromatic heterocycles. The molecule has 1 saturated heterocycles. The van der Waals surface area contributed by atoms with E-state index in [9.17, 15) is 8.42 Å². The maximum atomic E-state index is 12.3. The Kier molecular flexibility index (Phi) is 3.89. The minimum Gasteiger partial charge on any atom is -0.399 e. The molecule has 0 aliphatic carbocycles. The third-order valence-electron chi connectivity index (χ3n) is 3.04.